The number of primary amides is 1. The maximum Gasteiger partial charge on any atom is 0.326 e. The Kier molecular flexibility index (Phi) is 13.0. The van der Waals surface area contributed by atoms with E-state index in [2.05, 4.69) is 23.3 Å². The third kappa shape index (κ3) is 10.4. The molecule has 13 nitrogen and oxygen atoms in total. The van der Waals surface area contributed by atoms with Gasteiger partial charge in [0.15, 0.2) is 0 Å². The van der Waals surface area contributed by atoms with Crippen LogP contribution in [-0.2, 0) is 28.8 Å². The third-order valence-electron chi connectivity index (χ3n) is 4.63. The lowest BCUT2D eigenvalue weighted by molar-refractivity contribution is -0.147. The molecule has 0 aromatic heterocycles. The molecule has 0 aromatic carbocycles. The van der Waals surface area contributed by atoms with Crippen molar-refractivity contribution in [2.75, 3.05) is 5.75 Å². The van der Waals surface area contributed by atoms with Gasteiger partial charge in [0.05, 0.1) is 12.5 Å². The van der Waals surface area contributed by atoms with Crippen LogP contribution >= 0.6 is 12.6 Å². The maximum absolute atomic E-state index is 12.9. The van der Waals surface area contributed by atoms with E-state index >= 15 is 0 Å². The van der Waals surface area contributed by atoms with Gasteiger partial charge in [-0.25, -0.2) is 4.79 Å². The number of carbonyl (C=O) groups excluding carboxylic acids is 4. The first-order chi connectivity index (χ1) is 14.8. The Morgan fingerprint density at radius 3 is 1.94 bits per heavy atom. The van der Waals surface area contributed by atoms with Crippen molar-refractivity contribution in [1.82, 2.24) is 16.0 Å². The molecule has 0 bridgehead atoms. The summed E-state index contributed by atoms with van der Waals surface area (Å²) < 4.78 is 0. The average molecular weight is 478 g/mol. The summed E-state index contributed by atoms with van der Waals surface area (Å²) in [6.45, 7) is 3.46. The van der Waals surface area contributed by atoms with Gasteiger partial charge in [0.1, 0.15) is 18.1 Å². The topological polar surface area (TPSA) is 231 Å². The molecule has 0 spiro atoms. The zero-order valence-electron chi connectivity index (χ0n) is 17.9. The summed E-state index contributed by atoms with van der Waals surface area (Å²) in [4.78, 5) is 70.8. The van der Waals surface area contributed by atoms with Crippen LogP contribution in [0.5, 0.6) is 0 Å². The SMILES string of the molecule is CCC(C)C(NC(=O)C(N)CS)C(=O)NC(CCC(N)=O)C(=O)NC(CC(=O)O)C(=O)O. The lowest BCUT2D eigenvalue weighted by atomic mass is 9.97. The number of hydrogen-bond donors (Lipinski definition) is 8. The average Bonchev–Trinajstić information content (AvgIpc) is 2.71. The Balaban J connectivity index is 5.61. The Morgan fingerprint density at radius 2 is 1.50 bits per heavy atom. The third-order valence-corrected chi connectivity index (χ3v) is 5.03. The summed E-state index contributed by atoms with van der Waals surface area (Å²) in [6.07, 6.45) is -1.01. The highest BCUT2D eigenvalue weighted by Crippen LogP contribution is 2.10. The summed E-state index contributed by atoms with van der Waals surface area (Å²) >= 11 is 3.93. The number of aliphatic carboxylic acids is 2. The first kappa shape index (κ1) is 29.1. The summed E-state index contributed by atoms with van der Waals surface area (Å²) in [5.41, 5.74) is 10.7. The minimum absolute atomic E-state index is 0.0322. The Morgan fingerprint density at radius 1 is 0.938 bits per heavy atom. The van der Waals surface area contributed by atoms with Gasteiger partial charge in [0, 0.05) is 12.2 Å². The van der Waals surface area contributed by atoms with Crippen LogP contribution in [0, 0.1) is 5.92 Å². The van der Waals surface area contributed by atoms with Gasteiger partial charge in [-0.15, -0.1) is 0 Å². The molecule has 9 N–H and O–H groups in total. The summed E-state index contributed by atoms with van der Waals surface area (Å²) in [7, 11) is 0. The van der Waals surface area contributed by atoms with Crippen molar-refractivity contribution in [1.29, 1.82) is 0 Å². The fourth-order valence-electron chi connectivity index (χ4n) is 2.51. The Labute approximate surface area is 190 Å². The molecule has 5 atom stereocenters. The number of hydrogen-bond acceptors (Lipinski definition) is 8. The van der Waals surface area contributed by atoms with Crippen molar-refractivity contribution < 1.29 is 39.0 Å². The van der Waals surface area contributed by atoms with Gasteiger partial charge < -0.3 is 37.6 Å². The quantitative estimate of drug-likeness (QED) is 0.117. The molecule has 0 aliphatic rings. The van der Waals surface area contributed by atoms with Crippen molar-refractivity contribution in [2.45, 2.75) is 63.7 Å². The minimum atomic E-state index is -1.76. The van der Waals surface area contributed by atoms with Gasteiger partial charge in [0.2, 0.25) is 23.6 Å². The van der Waals surface area contributed by atoms with Crippen LogP contribution in [-0.4, -0.2) is 75.7 Å². The highest BCUT2D eigenvalue weighted by Gasteiger charge is 2.32. The number of rotatable bonds is 15. The second-order valence-electron chi connectivity index (χ2n) is 7.22. The standard InChI is InChI=1S/C18H31N5O8S/c1-3-8(2)14(23-15(27)9(19)7-32)17(29)21-10(4-5-12(20)24)16(28)22-11(18(30)31)6-13(25)26/h8-11,14,32H,3-7,19H2,1-2H3,(H2,20,24)(H,21,29)(H,22,28)(H,23,27)(H,25,26)(H,30,31). The van der Waals surface area contributed by atoms with Crippen molar-refractivity contribution in [3.8, 4) is 0 Å². The number of carbonyl (C=O) groups is 6. The molecular formula is C18H31N5O8S. The largest absolute Gasteiger partial charge is 0.481 e. The highest BCUT2D eigenvalue weighted by molar-refractivity contribution is 7.80. The van der Waals surface area contributed by atoms with E-state index in [1.807, 2.05) is 5.32 Å². The van der Waals surface area contributed by atoms with Crippen molar-refractivity contribution >= 4 is 48.2 Å². The number of amides is 4. The molecule has 0 rings (SSSR count). The lowest BCUT2D eigenvalue weighted by Gasteiger charge is -2.27. The number of thiol groups is 1. The van der Waals surface area contributed by atoms with Gasteiger partial charge in [-0.3, -0.25) is 24.0 Å². The van der Waals surface area contributed by atoms with E-state index in [0.29, 0.717) is 6.42 Å². The fourth-order valence-corrected chi connectivity index (χ4v) is 2.67. The van der Waals surface area contributed by atoms with Crippen molar-refractivity contribution in [3.05, 3.63) is 0 Å². The fraction of sp³-hybridized carbons (Fsp3) is 0.667. The van der Waals surface area contributed by atoms with Crippen LogP contribution in [0.2, 0.25) is 0 Å². The van der Waals surface area contributed by atoms with Crippen LogP contribution in [0.3, 0.4) is 0 Å². The van der Waals surface area contributed by atoms with Crippen LogP contribution in [0.15, 0.2) is 0 Å². The number of carboxylic acid groups (broad SMARTS) is 2. The van der Waals surface area contributed by atoms with Crippen LogP contribution < -0.4 is 27.4 Å². The molecule has 0 saturated carbocycles. The van der Waals surface area contributed by atoms with E-state index < -0.39 is 66.2 Å². The molecule has 0 saturated heterocycles. The van der Waals surface area contributed by atoms with Gasteiger partial charge in [-0.2, -0.15) is 12.6 Å². The number of nitrogens with two attached hydrogens (primary N) is 2. The first-order valence-electron chi connectivity index (χ1n) is 9.84. The molecule has 0 heterocycles. The molecule has 0 radical (unpaired) electrons. The predicted octanol–water partition coefficient (Wildman–Crippen LogP) is -2.43. The molecule has 0 aliphatic heterocycles. The Hall–Kier alpha value is -2.87. The molecule has 0 fully saturated rings. The van der Waals surface area contributed by atoms with Gasteiger partial charge >= 0.3 is 11.9 Å². The van der Waals surface area contributed by atoms with E-state index in [4.69, 9.17) is 21.7 Å². The van der Waals surface area contributed by atoms with E-state index in [9.17, 15) is 28.8 Å². The van der Waals surface area contributed by atoms with E-state index in [-0.39, 0.29) is 24.5 Å². The lowest BCUT2D eigenvalue weighted by Crippen LogP contribution is -2.59. The van der Waals surface area contributed by atoms with E-state index in [1.54, 1.807) is 13.8 Å². The van der Waals surface area contributed by atoms with Crippen LogP contribution in [0.25, 0.3) is 0 Å². The Bertz CT molecular complexity index is 719. The summed E-state index contributed by atoms with van der Waals surface area (Å²) in [5, 5.41) is 24.8. The minimum Gasteiger partial charge on any atom is -0.481 e. The van der Waals surface area contributed by atoms with Gasteiger partial charge in [-0.1, -0.05) is 20.3 Å². The van der Waals surface area contributed by atoms with E-state index in [0.717, 1.165) is 0 Å². The molecule has 4 amide bonds. The van der Waals surface area contributed by atoms with Gasteiger partial charge in [0.25, 0.3) is 0 Å². The van der Waals surface area contributed by atoms with Crippen LogP contribution in [0.1, 0.15) is 39.5 Å². The summed E-state index contributed by atoms with van der Waals surface area (Å²) in [6, 6.07) is -5.23. The molecule has 5 unspecified atom stereocenters. The molecule has 0 aromatic rings. The van der Waals surface area contributed by atoms with E-state index in [1.165, 1.54) is 0 Å². The second-order valence-corrected chi connectivity index (χ2v) is 7.59. The maximum atomic E-state index is 12.9. The molecule has 14 heteroatoms. The normalized spacial score (nSPS) is 15.4. The van der Waals surface area contributed by atoms with Crippen LogP contribution in [0.4, 0.5) is 0 Å². The zero-order chi connectivity index (χ0) is 25.0. The molecular weight excluding hydrogens is 446 g/mol. The van der Waals surface area contributed by atoms with Crippen molar-refractivity contribution in [3.63, 3.8) is 0 Å². The molecule has 32 heavy (non-hydrogen) atoms. The first-order valence-corrected chi connectivity index (χ1v) is 10.5. The smallest absolute Gasteiger partial charge is 0.326 e. The van der Waals surface area contributed by atoms with Crippen molar-refractivity contribution in [2.24, 2.45) is 17.4 Å². The number of carboxylic acids is 2. The monoisotopic (exact) mass is 477 g/mol. The highest BCUT2D eigenvalue weighted by atomic mass is 32.1. The van der Waals surface area contributed by atoms with Gasteiger partial charge in [-0.05, 0) is 12.3 Å². The predicted molar refractivity (Wildman–Crippen MR) is 115 cm³/mol. The second kappa shape index (κ2) is 14.2. The summed E-state index contributed by atoms with van der Waals surface area (Å²) in [5.74, 6) is -6.59. The molecule has 0 aliphatic carbocycles. The number of nitrogens with one attached hydrogen (secondary N) is 3. The molecule has 182 valence electrons. The zero-order valence-corrected chi connectivity index (χ0v) is 18.8.